The lowest BCUT2D eigenvalue weighted by Gasteiger charge is -2.17. The van der Waals surface area contributed by atoms with Gasteiger partial charge in [0.1, 0.15) is 5.75 Å². The predicted octanol–water partition coefficient (Wildman–Crippen LogP) is 4.16. The van der Waals surface area contributed by atoms with Crippen LogP contribution in [0.15, 0.2) is 42.5 Å². The maximum absolute atomic E-state index is 5.28. The van der Waals surface area contributed by atoms with Crippen molar-refractivity contribution >= 4 is 0 Å². The van der Waals surface area contributed by atoms with E-state index in [0.717, 1.165) is 12.3 Å². The first-order valence-corrected chi connectivity index (χ1v) is 7.04. The molecule has 2 rings (SSSR count). The number of aryl methyl sites for hydroxylation is 2. The molecule has 106 valence electrons. The van der Waals surface area contributed by atoms with Gasteiger partial charge in [0.25, 0.3) is 0 Å². The molecule has 0 amide bonds. The van der Waals surface area contributed by atoms with Gasteiger partial charge in [0, 0.05) is 12.6 Å². The lowest BCUT2D eigenvalue weighted by Crippen LogP contribution is -2.19. The van der Waals surface area contributed by atoms with Crippen molar-refractivity contribution in [2.75, 3.05) is 7.11 Å². The molecule has 0 aliphatic rings. The Balaban J connectivity index is 2.06. The number of hydrogen-bond acceptors (Lipinski definition) is 2. The maximum atomic E-state index is 5.28. The normalized spacial score (nSPS) is 12.2. The zero-order valence-electron chi connectivity index (χ0n) is 12.7. The second-order valence-electron chi connectivity index (χ2n) is 5.25. The van der Waals surface area contributed by atoms with Gasteiger partial charge in [-0.1, -0.05) is 30.3 Å². The van der Waals surface area contributed by atoms with Crippen LogP contribution in [0.4, 0.5) is 0 Å². The highest BCUT2D eigenvalue weighted by Crippen LogP contribution is 2.20. The van der Waals surface area contributed by atoms with Gasteiger partial charge in [-0.25, -0.2) is 0 Å². The zero-order chi connectivity index (χ0) is 14.5. The molecule has 0 spiro atoms. The number of methoxy groups -OCH3 is 1. The maximum Gasteiger partial charge on any atom is 0.119 e. The lowest BCUT2D eigenvalue weighted by molar-refractivity contribution is 0.413. The molecule has 2 aromatic carbocycles. The highest BCUT2D eigenvalue weighted by Gasteiger charge is 2.08. The van der Waals surface area contributed by atoms with E-state index in [1.54, 1.807) is 7.11 Å². The van der Waals surface area contributed by atoms with E-state index >= 15 is 0 Å². The molecule has 0 aliphatic heterocycles. The number of benzene rings is 2. The first-order valence-electron chi connectivity index (χ1n) is 7.04. The quantitative estimate of drug-likeness (QED) is 0.880. The summed E-state index contributed by atoms with van der Waals surface area (Å²) in [6.45, 7) is 7.40. The number of ether oxygens (including phenoxy) is 1. The fourth-order valence-corrected chi connectivity index (χ4v) is 2.41. The van der Waals surface area contributed by atoms with Gasteiger partial charge in [-0.05, 0) is 55.2 Å². The van der Waals surface area contributed by atoms with Crippen molar-refractivity contribution in [2.24, 2.45) is 0 Å². The molecule has 1 N–H and O–H groups in total. The molecule has 2 heteroatoms. The van der Waals surface area contributed by atoms with Gasteiger partial charge in [0.2, 0.25) is 0 Å². The van der Waals surface area contributed by atoms with Gasteiger partial charge in [-0.2, -0.15) is 0 Å². The van der Waals surface area contributed by atoms with Crippen LogP contribution in [-0.4, -0.2) is 7.11 Å². The summed E-state index contributed by atoms with van der Waals surface area (Å²) in [7, 11) is 1.70. The lowest BCUT2D eigenvalue weighted by atomic mass is 10.0. The van der Waals surface area contributed by atoms with Gasteiger partial charge < -0.3 is 10.1 Å². The fourth-order valence-electron chi connectivity index (χ4n) is 2.41. The third kappa shape index (κ3) is 3.40. The highest BCUT2D eigenvalue weighted by atomic mass is 16.5. The Morgan fingerprint density at radius 1 is 1.05 bits per heavy atom. The molecule has 0 radical (unpaired) electrons. The van der Waals surface area contributed by atoms with E-state index in [4.69, 9.17) is 4.74 Å². The van der Waals surface area contributed by atoms with Gasteiger partial charge >= 0.3 is 0 Å². The molecule has 1 atom stereocenters. The summed E-state index contributed by atoms with van der Waals surface area (Å²) in [5, 5.41) is 3.59. The first kappa shape index (κ1) is 14.6. The van der Waals surface area contributed by atoms with Crippen LogP contribution in [0.5, 0.6) is 5.75 Å². The van der Waals surface area contributed by atoms with Crippen LogP contribution >= 0.6 is 0 Å². The Morgan fingerprint density at radius 2 is 1.70 bits per heavy atom. The van der Waals surface area contributed by atoms with Crippen LogP contribution in [0.3, 0.4) is 0 Å². The van der Waals surface area contributed by atoms with Crippen molar-refractivity contribution in [3.8, 4) is 5.75 Å². The van der Waals surface area contributed by atoms with Gasteiger partial charge in [0.05, 0.1) is 7.11 Å². The molecule has 2 aromatic rings. The van der Waals surface area contributed by atoms with Gasteiger partial charge in [-0.3, -0.25) is 0 Å². The van der Waals surface area contributed by atoms with Crippen LogP contribution < -0.4 is 10.1 Å². The van der Waals surface area contributed by atoms with Crippen molar-refractivity contribution in [3.05, 3.63) is 64.7 Å². The minimum Gasteiger partial charge on any atom is -0.497 e. The Labute approximate surface area is 121 Å². The van der Waals surface area contributed by atoms with Crippen LogP contribution in [0.2, 0.25) is 0 Å². The molecule has 1 unspecified atom stereocenters. The molecule has 0 aliphatic carbocycles. The van der Waals surface area contributed by atoms with Crippen LogP contribution in [0.1, 0.15) is 35.2 Å². The summed E-state index contributed by atoms with van der Waals surface area (Å²) >= 11 is 0. The second-order valence-corrected chi connectivity index (χ2v) is 5.25. The van der Waals surface area contributed by atoms with Crippen molar-refractivity contribution in [2.45, 2.75) is 33.4 Å². The summed E-state index contributed by atoms with van der Waals surface area (Å²) in [6.07, 6.45) is 0. The smallest absolute Gasteiger partial charge is 0.119 e. The Bertz CT molecular complexity index is 557. The van der Waals surface area contributed by atoms with Crippen molar-refractivity contribution in [3.63, 3.8) is 0 Å². The predicted molar refractivity (Wildman–Crippen MR) is 84.2 cm³/mol. The largest absolute Gasteiger partial charge is 0.497 e. The Hall–Kier alpha value is -1.80. The molecular weight excluding hydrogens is 246 g/mol. The van der Waals surface area contributed by atoms with E-state index in [1.165, 1.54) is 22.3 Å². The Kier molecular flexibility index (Phi) is 4.80. The van der Waals surface area contributed by atoms with Crippen molar-refractivity contribution in [1.82, 2.24) is 5.32 Å². The molecule has 0 saturated heterocycles. The molecule has 0 saturated carbocycles. The standard InChI is InChI=1S/C18H23NO/c1-13-7-5-8-14(2)18(13)12-19-15(3)16-9-6-10-17(11-16)20-4/h5-11,15,19H,12H2,1-4H3. The van der Waals surface area contributed by atoms with Crippen LogP contribution in [-0.2, 0) is 6.54 Å². The minimum absolute atomic E-state index is 0.295. The molecule has 2 nitrogen and oxygen atoms in total. The van der Waals surface area contributed by atoms with E-state index < -0.39 is 0 Å². The molecule has 0 heterocycles. The summed E-state index contributed by atoms with van der Waals surface area (Å²) < 4.78 is 5.28. The van der Waals surface area contributed by atoms with E-state index in [9.17, 15) is 0 Å². The van der Waals surface area contributed by atoms with Crippen LogP contribution in [0.25, 0.3) is 0 Å². The molecule has 20 heavy (non-hydrogen) atoms. The summed E-state index contributed by atoms with van der Waals surface area (Å²) in [5.41, 5.74) is 5.32. The molecule has 0 bridgehead atoms. The molecule has 0 aromatic heterocycles. The summed E-state index contributed by atoms with van der Waals surface area (Å²) in [4.78, 5) is 0. The second kappa shape index (κ2) is 6.58. The Morgan fingerprint density at radius 3 is 2.35 bits per heavy atom. The zero-order valence-corrected chi connectivity index (χ0v) is 12.7. The topological polar surface area (TPSA) is 21.3 Å². The minimum atomic E-state index is 0.295. The third-order valence-electron chi connectivity index (χ3n) is 3.82. The van der Waals surface area contributed by atoms with E-state index in [2.05, 4.69) is 56.4 Å². The fraction of sp³-hybridized carbons (Fsp3) is 0.333. The van der Waals surface area contributed by atoms with Gasteiger partial charge in [-0.15, -0.1) is 0 Å². The third-order valence-corrected chi connectivity index (χ3v) is 3.82. The van der Waals surface area contributed by atoms with E-state index in [0.29, 0.717) is 6.04 Å². The van der Waals surface area contributed by atoms with Gasteiger partial charge in [0.15, 0.2) is 0 Å². The number of rotatable bonds is 5. The molecular formula is C18H23NO. The van der Waals surface area contributed by atoms with Crippen molar-refractivity contribution < 1.29 is 4.74 Å². The first-order chi connectivity index (χ1) is 9.61. The highest BCUT2D eigenvalue weighted by molar-refractivity contribution is 5.34. The average molecular weight is 269 g/mol. The van der Waals surface area contributed by atoms with E-state index in [-0.39, 0.29) is 0 Å². The number of hydrogen-bond donors (Lipinski definition) is 1. The van der Waals surface area contributed by atoms with Crippen LogP contribution in [0, 0.1) is 13.8 Å². The number of nitrogens with one attached hydrogen (secondary N) is 1. The SMILES string of the molecule is COc1cccc(C(C)NCc2c(C)cccc2C)c1. The summed E-state index contributed by atoms with van der Waals surface area (Å²) in [5.74, 6) is 0.906. The monoisotopic (exact) mass is 269 g/mol. The van der Waals surface area contributed by atoms with E-state index in [1.807, 2.05) is 12.1 Å². The van der Waals surface area contributed by atoms with Crippen molar-refractivity contribution in [1.29, 1.82) is 0 Å². The molecule has 0 fully saturated rings. The average Bonchev–Trinajstić information content (AvgIpc) is 2.46. The summed E-state index contributed by atoms with van der Waals surface area (Å²) in [6, 6.07) is 15.0.